The lowest BCUT2D eigenvalue weighted by molar-refractivity contribution is 0.314. The van der Waals surface area contributed by atoms with Crippen LogP contribution in [0.15, 0.2) is 77.9 Å². The first-order chi connectivity index (χ1) is 19.4. The second kappa shape index (κ2) is 9.84. The number of hydrogen-bond acceptors (Lipinski definition) is 7. The normalized spacial score (nSPS) is 12.2. The maximum atomic E-state index is 15.3. The van der Waals surface area contributed by atoms with Crippen LogP contribution in [0.5, 0.6) is 5.75 Å². The van der Waals surface area contributed by atoms with Gasteiger partial charge in [0.05, 0.1) is 28.6 Å². The Hall–Kier alpha value is -5.19. The molecular weight excluding hydrogens is 516 g/mol. The number of halogens is 2. The number of rotatable bonds is 6. The van der Waals surface area contributed by atoms with E-state index in [1.807, 2.05) is 18.2 Å². The van der Waals surface area contributed by atoms with Gasteiger partial charge in [-0.25, -0.2) is 24.0 Å². The number of aromatic nitrogens is 6. The topological polar surface area (TPSA) is 114 Å². The molecule has 0 bridgehead atoms. The number of nitrogens with zero attached hydrogens (tertiary/aromatic N) is 6. The molecule has 3 heterocycles. The summed E-state index contributed by atoms with van der Waals surface area (Å²) in [5.41, 5.74) is 7.26. The Labute approximate surface area is 226 Å². The van der Waals surface area contributed by atoms with Crippen molar-refractivity contribution in [1.29, 1.82) is 0 Å². The predicted octanol–water partition coefficient (Wildman–Crippen LogP) is 5.06. The Bertz CT molecular complexity index is 1950. The molecule has 0 spiro atoms. The summed E-state index contributed by atoms with van der Waals surface area (Å²) in [6, 6.07) is 18.2. The third-order valence-corrected chi connectivity index (χ3v) is 6.68. The Balaban J connectivity index is 1.62. The number of nitrogen functional groups attached to an aromatic ring is 1. The molecule has 3 aromatic carbocycles. The highest BCUT2D eigenvalue weighted by molar-refractivity contribution is 5.98. The van der Waals surface area contributed by atoms with Crippen molar-refractivity contribution in [2.24, 2.45) is 0 Å². The molecule has 0 aliphatic heterocycles. The van der Waals surface area contributed by atoms with E-state index in [1.165, 1.54) is 27.7 Å². The van der Waals surface area contributed by atoms with Gasteiger partial charge in [0.15, 0.2) is 17.2 Å². The molecule has 11 heteroatoms. The largest absolute Gasteiger partial charge is 0.491 e. The molecule has 6 aromatic rings. The van der Waals surface area contributed by atoms with E-state index in [1.54, 1.807) is 50.2 Å². The highest BCUT2D eigenvalue weighted by atomic mass is 19.2. The quantitative estimate of drug-likeness (QED) is 0.315. The predicted molar refractivity (Wildman–Crippen MR) is 147 cm³/mol. The fourth-order valence-electron chi connectivity index (χ4n) is 4.80. The summed E-state index contributed by atoms with van der Waals surface area (Å²) in [4.78, 5) is 27.0. The second-order valence-electron chi connectivity index (χ2n) is 9.06. The lowest BCUT2D eigenvalue weighted by Crippen LogP contribution is -2.27. The van der Waals surface area contributed by atoms with E-state index >= 15 is 4.39 Å². The summed E-state index contributed by atoms with van der Waals surface area (Å²) in [5.74, 6) is -2.09. The van der Waals surface area contributed by atoms with Crippen LogP contribution in [-0.4, -0.2) is 35.9 Å². The molecule has 9 nitrogen and oxygen atoms in total. The zero-order valence-electron chi connectivity index (χ0n) is 21.5. The average molecular weight is 540 g/mol. The van der Waals surface area contributed by atoms with Crippen LogP contribution >= 0.6 is 0 Å². The van der Waals surface area contributed by atoms with Gasteiger partial charge in [0.1, 0.15) is 29.7 Å². The summed E-state index contributed by atoms with van der Waals surface area (Å²) >= 11 is 0. The molecule has 0 fully saturated rings. The maximum absolute atomic E-state index is 15.3. The number of anilines is 1. The van der Waals surface area contributed by atoms with Crippen LogP contribution in [-0.2, 0) is 0 Å². The highest BCUT2D eigenvalue weighted by Gasteiger charge is 2.27. The van der Waals surface area contributed by atoms with Crippen LogP contribution in [0.2, 0.25) is 0 Å². The average Bonchev–Trinajstić information content (AvgIpc) is 3.36. The summed E-state index contributed by atoms with van der Waals surface area (Å²) < 4.78 is 38.4. The molecule has 0 aliphatic rings. The smallest absolute Gasteiger partial charge is 0.266 e. The van der Waals surface area contributed by atoms with Crippen LogP contribution in [0.25, 0.3) is 38.9 Å². The van der Waals surface area contributed by atoms with E-state index in [9.17, 15) is 9.18 Å². The number of benzene rings is 3. The number of hydrogen-bond donors (Lipinski definition) is 1. The van der Waals surface area contributed by atoms with Crippen LogP contribution < -0.4 is 16.0 Å². The number of para-hydroxylation sites is 2. The van der Waals surface area contributed by atoms with Gasteiger partial charge in [0, 0.05) is 5.56 Å². The highest BCUT2D eigenvalue weighted by Crippen LogP contribution is 2.36. The fraction of sp³-hybridized carbons (Fsp3) is 0.138. The van der Waals surface area contributed by atoms with E-state index in [0.717, 1.165) is 0 Å². The number of nitrogens with two attached hydrogens (primary N) is 1. The van der Waals surface area contributed by atoms with Gasteiger partial charge in [0.2, 0.25) is 5.82 Å². The molecule has 3 aromatic heterocycles. The van der Waals surface area contributed by atoms with Gasteiger partial charge in [-0.1, -0.05) is 30.3 Å². The first kappa shape index (κ1) is 25.1. The fourth-order valence-corrected chi connectivity index (χ4v) is 4.80. The molecule has 0 saturated heterocycles. The van der Waals surface area contributed by atoms with Crippen LogP contribution in [0, 0.1) is 11.6 Å². The molecule has 0 radical (unpaired) electrons. The molecule has 0 amide bonds. The standard InChI is InChI=1S/C29H23F2N7O2/c1-3-40-21-14-13-19(23(30)24(21)31)25-22-26(32)33-15-34-28(22)38(36-25)16(2)27-35-20-12-8-7-11-18(20)29(39)37(27)17-9-5-4-6-10-17/h4-16H,3H2,1-2H3,(H2,32,33,34). The maximum Gasteiger partial charge on any atom is 0.266 e. The molecule has 6 rings (SSSR count). The minimum Gasteiger partial charge on any atom is -0.491 e. The first-order valence-corrected chi connectivity index (χ1v) is 12.6. The summed E-state index contributed by atoms with van der Waals surface area (Å²) in [7, 11) is 0. The first-order valence-electron chi connectivity index (χ1n) is 12.6. The number of fused-ring (bicyclic) bond motifs is 2. The molecule has 2 N–H and O–H groups in total. The molecule has 0 aliphatic carbocycles. The molecule has 1 unspecified atom stereocenters. The van der Waals surface area contributed by atoms with Gasteiger partial charge in [-0.2, -0.15) is 9.49 Å². The lowest BCUT2D eigenvalue weighted by atomic mass is 10.1. The SMILES string of the molecule is CCOc1ccc(-c2nn(C(C)c3nc4ccccc4c(=O)n3-c3ccccc3)c3ncnc(N)c23)c(F)c1F. The summed E-state index contributed by atoms with van der Waals surface area (Å²) in [6.07, 6.45) is 1.26. The molecule has 40 heavy (non-hydrogen) atoms. The van der Waals surface area contributed by atoms with Crippen molar-refractivity contribution < 1.29 is 13.5 Å². The lowest BCUT2D eigenvalue weighted by Gasteiger charge is -2.19. The third kappa shape index (κ3) is 3.94. The van der Waals surface area contributed by atoms with Crippen molar-refractivity contribution in [1.82, 2.24) is 29.3 Å². The van der Waals surface area contributed by atoms with Gasteiger partial charge < -0.3 is 10.5 Å². The monoisotopic (exact) mass is 539 g/mol. The molecule has 0 saturated carbocycles. The second-order valence-corrected chi connectivity index (χ2v) is 9.06. The molecule has 1 atom stereocenters. The van der Waals surface area contributed by atoms with Crippen LogP contribution in [0.3, 0.4) is 0 Å². The van der Waals surface area contributed by atoms with Crippen LogP contribution in [0.1, 0.15) is 25.7 Å². The van der Waals surface area contributed by atoms with E-state index in [0.29, 0.717) is 22.4 Å². The molecule has 200 valence electrons. The Morgan fingerprint density at radius 1 is 0.975 bits per heavy atom. The van der Waals surface area contributed by atoms with Crippen molar-refractivity contribution in [2.45, 2.75) is 19.9 Å². The van der Waals surface area contributed by atoms with Gasteiger partial charge in [0.25, 0.3) is 5.56 Å². The van der Waals surface area contributed by atoms with E-state index in [4.69, 9.17) is 15.5 Å². The minimum atomic E-state index is -1.14. The zero-order chi connectivity index (χ0) is 28.0. The van der Waals surface area contributed by atoms with Crippen molar-refractivity contribution in [2.75, 3.05) is 12.3 Å². The van der Waals surface area contributed by atoms with Crippen molar-refractivity contribution in [3.05, 3.63) is 101 Å². The minimum absolute atomic E-state index is 0.0408. The number of ether oxygens (including phenoxy) is 1. The van der Waals surface area contributed by atoms with Crippen molar-refractivity contribution in [3.8, 4) is 22.7 Å². The summed E-state index contributed by atoms with van der Waals surface area (Å²) in [6.45, 7) is 3.64. The summed E-state index contributed by atoms with van der Waals surface area (Å²) in [5, 5.41) is 5.34. The van der Waals surface area contributed by atoms with Crippen LogP contribution in [0.4, 0.5) is 14.6 Å². The van der Waals surface area contributed by atoms with Crippen molar-refractivity contribution >= 4 is 27.8 Å². The molecular formula is C29H23F2N7O2. The van der Waals surface area contributed by atoms with E-state index in [-0.39, 0.29) is 46.0 Å². The van der Waals surface area contributed by atoms with Gasteiger partial charge in [-0.3, -0.25) is 9.36 Å². The van der Waals surface area contributed by atoms with Crippen molar-refractivity contribution in [3.63, 3.8) is 0 Å². The van der Waals surface area contributed by atoms with Gasteiger partial charge >= 0.3 is 0 Å². The Morgan fingerprint density at radius 2 is 1.73 bits per heavy atom. The van der Waals surface area contributed by atoms with Gasteiger partial charge in [-0.05, 0) is 50.2 Å². The zero-order valence-corrected chi connectivity index (χ0v) is 21.5. The van der Waals surface area contributed by atoms with E-state index < -0.39 is 17.7 Å². The Kier molecular flexibility index (Phi) is 6.18. The Morgan fingerprint density at radius 3 is 2.50 bits per heavy atom. The van der Waals surface area contributed by atoms with Gasteiger partial charge in [-0.15, -0.1) is 0 Å². The third-order valence-electron chi connectivity index (χ3n) is 6.68. The van der Waals surface area contributed by atoms with E-state index in [2.05, 4.69) is 15.1 Å².